The molecule has 3 aromatic rings. The lowest BCUT2D eigenvalue weighted by atomic mass is 9.95. The van der Waals surface area contributed by atoms with Crippen molar-refractivity contribution in [2.45, 2.75) is 25.6 Å². The number of carbonyl (C=O) groups is 2. The maximum absolute atomic E-state index is 12.7. The van der Waals surface area contributed by atoms with Gasteiger partial charge in [0, 0.05) is 24.6 Å². The highest BCUT2D eigenvalue weighted by atomic mass is 32.1. The number of hydrogen-bond acceptors (Lipinski definition) is 6. The Kier molecular flexibility index (Phi) is 6.26. The van der Waals surface area contributed by atoms with E-state index in [0.29, 0.717) is 37.6 Å². The number of halogens is 3. The number of carbonyl (C=O) groups excluding carboxylic acids is 2. The second-order valence-corrected chi connectivity index (χ2v) is 8.30. The maximum Gasteiger partial charge on any atom is 0.416 e. The van der Waals surface area contributed by atoms with Gasteiger partial charge in [-0.05, 0) is 48.6 Å². The first kappa shape index (κ1) is 22.0. The van der Waals surface area contributed by atoms with Crippen LogP contribution in [-0.2, 0) is 17.5 Å². The molecule has 0 bridgehead atoms. The van der Waals surface area contributed by atoms with E-state index in [-0.39, 0.29) is 29.8 Å². The number of aromatic nitrogens is 2. The van der Waals surface area contributed by atoms with Crippen molar-refractivity contribution >= 4 is 23.2 Å². The van der Waals surface area contributed by atoms with Crippen LogP contribution in [0.3, 0.4) is 0 Å². The second-order valence-electron chi connectivity index (χ2n) is 7.35. The van der Waals surface area contributed by atoms with E-state index in [0.717, 1.165) is 17.0 Å². The Bertz CT molecular complexity index is 1070. The van der Waals surface area contributed by atoms with Crippen LogP contribution in [0.25, 0.3) is 10.8 Å². The smallest absolute Gasteiger partial charge is 0.348 e. The molecular weight excluding hydrogens is 445 g/mol. The topological polar surface area (TPSA) is 88.3 Å². The van der Waals surface area contributed by atoms with Gasteiger partial charge in [0.25, 0.3) is 11.8 Å². The number of likely N-dealkylation sites (tertiary alicyclic amines) is 1. The van der Waals surface area contributed by atoms with Crippen molar-refractivity contribution in [1.82, 2.24) is 20.4 Å². The van der Waals surface area contributed by atoms with Crippen LogP contribution in [0.15, 0.2) is 46.3 Å². The molecule has 2 aromatic heterocycles. The third-order valence-corrected chi connectivity index (χ3v) is 6.09. The molecule has 2 amide bonds. The molecule has 4 rings (SSSR count). The van der Waals surface area contributed by atoms with Gasteiger partial charge in [-0.15, -0.1) is 11.3 Å². The molecular formula is C21H19F3N4O3S. The number of hydrogen-bond donors (Lipinski definition) is 1. The molecule has 11 heteroatoms. The third-order valence-electron chi connectivity index (χ3n) is 5.23. The Morgan fingerprint density at radius 1 is 1.16 bits per heavy atom. The van der Waals surface area contributed by atoms with Crippen LogP contribution in [0.5, 0.6) is 0 Å². The molecule has 168 valence electrons. The molecule has 0 aliphatic carbocycles. The molecule has 0 saturated carbocycles. The third kappa shape index (κ3) is 4.98. The maximum atomic E-state index is 12.7. The standard InChI is InChI=1S/C21H19F3N4O3S/c22-21(23,24)15-5-3-14(4-6-15)20(30)28-9-7-13(8-10-28)18(29)25-12-17-26-19(31-27-17)16-2-1-11-32-16/h1-6,11,13H,7-10,12H2,(H,25,29). The second kappa shape index (κ2) is 9.11. The van der Waals surface area contributed by atoms with Gasteiger partial charge in [0.1, 0.15) is 0 Å². The van der Waals surface area contributed by atoms with E-state index < -0.39 is 11.7 Å². The van der Waals surface area contributed by atoms with Crippen molar-refractivity contribution in [1.29, 1.82) is 0 Å². The SMILES string of the molecule is O=C(NCc1noc(-c2cccs2)n1)C1CCN(C(=O)c2ccc(C(F)(F)F)cc2)CC1. The molecule has 1 aromatic carbocycles. The van der Waals surface area contributed by atoms with Crippen LogP contribution in [0.4, 0.5) is 13.2 Å². The van der Waals surface area contributed by atoms with E-state index in [1.165, 1.54) is 23.5 Å². The Balaban J connectivity index is 1.26. The molecule has 32 heavy (non-hydrogen) atoms. The summed E-state index contributed by atoms with van der Waals surface area (Å²) in [7, 11) is 0. The molecule has 0 atom stereocenters. The Morgan fingerprint density at radius 2 is 1.88 bits per heavy atom. The molecule has 1 aliphatic rings. The van der Waals surface area contributed by atoms with Crippen molar-refractivity contribution < 1.29 is 27.3 Å². The average molecular weight is 464 g/mol. The summed E-state index contributed by atoms with van der Waals surface area (Å²) in [6.07, 6.45) is -3.52. The molecule has 0 radical (unpaired) electrons. The van der Waals surface area contributed by atoms with Crippen LogP contribution in [0, 0.1) is 5.92 Å². The number of rotatable bonds is 5. The highest BCUT2D eigenvalue weighted by molar-refractivity contribution is 7.13. The zero-order valence-electron chi connectivity index (χ0n) is 16.8. The first-order valence-corrected chi connectivity index (χ1v) is 10.8. The number of thiophene rings is 1. The van der Waals surface area contributed by atoms with Crippen LogP contribution in [0.2, 0.25) is 0 Å². The summed E-state index contributed by atoms with van der Waals surface area (Å²) in [4.78, 5) is 31.7. The molecule has 3 heterocycles. The van der Waals surface area contributed by atoms with E-state index in [4.69, 9.17) is 4.52 Å². The molecule has 1 aliphatic heterocycles. The number of nitrogens with zero attached hydrogens (tertiary/aromatic N) is 3. The predicted octanol–water partition coefficient (Wildman–Crippen LogP) is 3.99. The first-order chi connectivity index (χ1) is 15.3. The molecule has 1 fully saturated rings. The van der Waals surface area contributed by atoms with Gasteiger partial charge in [-0.3, -0.25) is 9.59 Å². The quantitative estimate of drug-likeness (QED) is 0.617. The minimum Gasteiger partial charge on any atom is -0.348 e. The van der Waals surface area contributed by atoms with Gasteiger partial charge in [-0.1, -0.05) is 11.2 Å². The summed E-state index contributed by atoms with van der Waals surface area (Å²) in [5.41, 5.74) is -0.604. The summed E-state index contributed by atoms with van der Waals surface area (Å²) in [6.45, 7) is 0.837. The summed E-state index contributed by atoms with van der Waals surface area (Å²) >= 11 is 1.47. The summed E-state index contributed by atoms with van der Waals surface area (Å²) < 4.78 is 43.2. The number of alkyl halides is 3. The Morgan fingerprint density at radius 3 is 2.50 bits per heavy atom. The van der Waals surface area contributed by atoms with Gasteiger partial charge >= 0.3 is 6.18 Å². The zero-order chi connectivity index (χ0) is 22.7. The Hall–Kier alpha value is -3.21. The summed E-state index contributed by atoms with van der Waals surface area (Å²) in [6, 6.07) is 7.89. The largest absolute Gasteiger partial charge is 0.416 e. The van der Waals surface area contributed by atoms with Gasteiger partial charge in [-0.25, -0.2) is 0 Å². The molecule has 0 spiro atoms. The lowest BCUT2D eigenvalue weighted by Gasteiger charge is -2.31. The van der Waals surface area contributed by atoms with Crippen molar-refractivity contribution in [2.24, 2.45) is 5.92 Å². The normalized spacial score (nSPS) is 15.0. The fourth-order valence-corrected chi connectivity index (χ4v) is 4.11. The van der Waals surface area contributed by atoms with Gasteiger partial charge in [0.2, 0.25) is 5.91 Å². The van der Waals surface area contributed by atoms with E-state index in [1.807, 2.05) is 17.5 Å². The van der Waals surface area contributed by atoms with E-state index in [2.05, 4.69) is 15.5 Å². The van der Waals surface area contributed by atoms with Gasteiger partial charge < -0.3 is 14.7 Å². The highest BCUT2D eigenvalue weighted by Gasteiger charge is 2.31. The van der Waals surface area contributed by atoms with Gasteiger partial charge in [0.15, 0.2) is 5.82 Å². The van der Waals surface area contributed by atoms with E-state index >= 15 is 0 Å². The average Bonchev–Trinajstić information content (AvgIpc) is 3.48. The fraction of sp³-hybridized carbons (Fsp3) is 0.333. The minimum absolute atomic E-state index is 0.137. The van der Waals surface area contributed by atoms with Crippen molar-refractivity contribution in [3.05, 3.63) is 58.7 Å². The molecule has 1 N–H and O–H groups in total. The molecule has 7 nitrogen and oxygen atoms in total. The monoisotopic (exact) mass is 464 g/mol. The van der Waals surface area contributed by atoms with Crippen LogP contribution in [-0.4, -0.2) is 39.9 Å². The fourth-order valence-electron chi connectivity index (χ4n) is 3.47. The van der Waals surface area contributed by atoms with Crippen LogP contribution in [0.1, 0.15) is 34.6 Å². The molecule has 0 unspecified atom stereocenters. The predicted molar refractivity (Wildman–Crippen MR) is 110 cm³/mol. The van der Waals surface area contributed by atoms with E-state index in [1.54, 1.807) is 4.90 Å². The lowest BCUT2D eigenvalue weighted by molar-refractivity contribution is -0.137. The number of piperidine rings is 1. The highest BCUT2D eigenvalue weighted by Crippen LogP contribution is 2.29. The van der Waals surface area contributed by atoms with E-state index in [9.17, 15) is 22.8 Å². The van der Waals surface area contributed by atoms with Crippen molar-refractivity contribution in [2.75, 3.05) is 13.1 Å². The van der Waals surface area contributed by atoms with Gasteiger partial charge in [-0.2, -0.15) is 18.2 Å². The molecule has 1 saturated heterocycles. The van der Waals surface area contributed by atoms with Crippen LogP contribution < -0.4 is 5.32 Å². The number of amides is 2. The lowest BCUT2D eigenvalue weighted by Crippen LogP contribution is -2.43. The number of nitrogens with one attached hydrogen (secondary N) is 1. The minimum atomic E-state index is -4.44. The zero-order valence-corrected chi connectivity index (χ0v) is 17.6. The van der Waals surface area contributed by atoms with Crippen LogP contribution >= 0.6 is 11.3 Å². The Labute approximate surface area is 185 Å². The van der Waals surface area contributed by atoms with Gasteiger partial charge in [0.05, 0.1) is 17.0 Å². The summed E-state index contributed by atoms with van der Waals surface area (Å²) in [5, 5.41) is 8.55. The van der Waals surface area contributed by atoms with Crippen molar-refractivity contribution in [3.8, 4) is 10.8 Å². The number of benzene rings is 1. The first-order valence-electron chi connectivity index (χ1n) is 9.92. The van der Waals surface area contributed by atoms with Crippen molar-refractivity contribution in [3.63, 3.8) is 0 Å². The summed E-state index contributed by atoms with van der Waals surface area (Å²) in [5.74, 6) is 0.00548.